The van der Waals surface area contributed by atoms with E-state index in [1.54, 1.807) is 26.0 Å². The van der Waals surface area contributed by atoms with E-state index >= 15 is 0 Å². The Morgan fingerprint density at radius 3 is 2.50 bits per heavy atom. The van der Waals surface area contributed by atoms with Gasteiger partial charge in [0.05, 0.1) is 6.61 Å². The second-order valence-electron chi connectivity index (χ2n) is 8.11. The van der Waals surface area contributed by atoms with Crippen molar-refractivity contribution in [2.45, 2.75) is 58.7 Å². The lowest BCUT2D eigenvalue weighted by molar-refractivity contribution is -0.304. The Bertz CT molecular complexity index is 690. The molecule has 1 aliphatic rings. The van der Waals surface area contributed by atoms with E-state index in [0.717, 1.165) is 5.56 Å². The van der Waals surface area contributed by atoms with E-state index in [9.17, 15) is 19.1 Å². The zero-order valence-corrected chi connectivity index (χ0v) is 16.8. The minimum atomic E-state index is -1.26. The molecule has 1 aromatic carbocycles. The molecule has 0 saturated carbocycles. The summed E-state index contributed by atoms with van der Waals surface area (Å²) in [6.45, 7) is 7.94. The number of amides is 2. The van der Waals surface area contributed by atoms with E-state index in [4.69, 9.17) is 9.47 Å². The molecule has 0 bridgehead atoms. The van der Waals surface area contributed by atoms with Crippen LogP contribution in [0.15, 0.2) is 24.3 Å². The Kier molecular flexibility index (Phi) is 7.14. The number of hydrogen-bond donors (Lipinski definition) is 3. The summed E-state index contributed by atoms with van der Waals surface area (Å²) in [5.74, 6) is -2.06. The minimum absolute atomic E-state index is 0.0635. The van der Waals surface area contributed by atoms with Crippen molar-refractivity contribution >= 4 is 11.8 Å². The summed E-state index contributed by atoms with van der Waals surface area (Å²) in [7, 11) is 0. The Hall–Kier alpha value is -2.03. The maximum Gasteiger partial charge on any atom is 0.249 e. The van der Waals surface area contributed by atoms with Crippen molar-refractivity contribution in [1.29, 1.82) is 0 Å². The molecular weight excluding hydrogens is 367 g/mol. The minimum Gasteiger partial charge on any atom is -0.383 e. The van der Waals surface area contributed by atoms with Gasteiger partial charge in [-0.25, -0.2) is 4.39 Å². The standard InChI is InChI=1S/C20H29FN2O5/c1-19(2)12-27-20(3,4)28-16(19)18(26)22-10-9-15(24)17(25)23-11-13-5-7-14(21)8-6-13/h5-8,15-16,24H,9-12H2,1-4H3,(H,22,26)(H,23,25)/t15-,16+/m1/s1. The zero-order chi connectivity index (χ0) is 20.9. The van der Waals surface area contributed by atoms with Gasteiger partial charge in [0, 0.05) is 18.5 Å². The van der Waals surface area contributed by atoms with Gasteiger partial charge in [-0.3, -0.25) is 9.59 Å². The molecule has 0 radical (unpaired) electrons. The van der Waals surface area contributed by atoms with Gasteiger partial charge in [-0.2, -0.15) is 0 Å². The highest BCUT2D eigenvalue weighted by molar-refractivity contribution is 5.82. The summed E-state index contributed by atoms with van der Waals surface area (Å²) < 4.78 is 24.2. The molecule has 0 spiro atoms. The van der Waals surface area contributed by atoms with Gasteiger partial charge in [0.15, 0.2) is 5.79 Å². The lowest BCUT2D eigenvalue weighted by atomic mass is 9.85. The van der Waals surface area contributed by atoms with Crippen LogP contribution in [0.2, 0.25) is 0 Å². The molecule has 1 saturated heterocycles. The quantitative estimate of drug-likeness (QED) is 0.649. The van der Waals surface area contributed by atoms with Gasteiger partial charge in [-0.1, -0.05) is 26.0 Å². The molecule has 156 valence electrons. The van der Waals surface area contributed by atoms with Crippen molar-refractivity contribution in [2.75, 3.05) is 13.2 Å². The van der Waals surface area contributed by atoms with Crippen LogP contribution in [0.1, 0.15) is 39.7 Å². The van der Waals surface area contributed by atoms with Crippen LogP contribution in [-0.2, 0) is 25.6 Å². The van der Waals surface area contributed by atoms with E-state index in [1.165, 1.54) is 12.1 Å². The first-order chi connectivity index (χ1) is 13.0. The summed E-state index contributed by atoms with van der Waals surface area (Å²) >= 11 is 0. The number of hydrogen-bond acceptors (Lipinski definition) is 5. The maximum atomic E-state index is 12.9. The number of aliphatic hydroxyl groups is 1. The first-order valence-corrected chi connectivity index (χ1v) is 9.30. The molecule has 1 fully saturated rings. The van der Waals surface area contributed by atoms with Crippen LogP contribution >= 0.6 is 0 Å². The summed E-state index contributed by atoms with van der Waals surface area (Å²) in [4.78, 5) is 24.4. The lowest BCUT2D eigenvalue weighted by Gasteiger charge is -2.44. The number of carbonyl (C=O) groups is 2. The maximum absolute atomic E-state index is 12.9. The zero-order valence-electron chi connectivity index (χ0n) is 16.8. The fraction of sp³-hybridized carbons (Fsp3) is 0.600. The Morgan fingerprint density at radius 2 is 1.86 bits per heavy atom. The molecule has 7 nitrogen and oxygen atoms in total. The number of halogens is 1. The first kappa shape index (κ1) is 22.3. The summed E-state index contributed by atoms with van der Waals surface area (Å²) in [6.07, 6.45) is -1.89. The van der Waals surface area contributed by atoms with Crippen LogP contribution < -0.4 is 10.6 Å². The normalized spacial score (nSPS) is 21.6. The molecule has 0 aromatic heterocycles. The van der Waals surface area contributed by atoms with E-state index in [2.05, 4.69) is 10.6 Å². The van der Waals surface area contributed by atoms with Crippen molar-refractivity contribution in [3.05, 3.63) is 35.6 Å². The number of aliphatic hydroxyl groups excluding tert-OH is 1. The molecule has 2 atom stereocenters. The van der Waals surface area contributed by atoms with Crippen molar-refractivity contribution in [1.82, 2.24) is 10.6 Å². The van der Waals surface area contributed by atoms with Crippen molar-refractivity contribution < 1.29 is 28.6 Å². The third-order valence-corrected chi connectivity index (χ3v) is 4.54. The van der Waals surface area contributed by atoms with Crippen molar-refractivity contribution in [3.63, 3.8) is 0 Å². The average Bonchev–Trinajstić information content (AvgIpc) is 2.63. The molecule has 2 rings (SSSR count). The lowest BCUT2D eigenvalue weighted by Crippen LogP contribution is -2.56. The topological polar surface area (TPSA) is 96.9 Å². The Balaban J connectivity index is 1.75. The highest BCUT2D eigenvalue weighted by Gasteiger charge is 2.45. The van der Waals surface area contributed by atoms with Gasteiger partial charge in [0.2, 0.25) is 11.8 Å². The van der Waals surface area contributed by atoms with Gasteiger partial charge in [-0.05, 0) is 38.0 Å². The number of rotatable bonds is 7. The summed E-state index contributed by atoms with van der Waals surface area (Å²) in [5, 5.41) is 15.3. The molecule has 0 aliphatic carbocycles. The highest BCUT2D eigenvalue weighted by atomic mass is 19.1. The van der Waals surface area contributed by atoms with E-state index < -0.39 is 29.3 Å². The average molecular weight is 396 g/mol. The van der Waals surface area contributed by atoms with Crippen molar-refractivity contribution in [2.24, 2.45) is 5.41 Å². The van der Waals surface area contributed by atoms with Crippen molar-refractivity contribution in [3.8, 4) is 0 Å². The first-order valence-electron chi connectivity index (χ1n) is 9.30. The molecular formula is C20H29FN2O5. The van der Waals surface area contributed by atoms with Crippen LogP contribution in [0.25, 0.3) is 0 Å². The van der Waals surface area contributed by atoms with Crippen LogP contribution in [0.5, 0.6) is 0 Å². The fourth-order valence-corrected chi connectivity index (χ4v) is 2.79. The van der Waals surface area contributed by atoms with Gasteiger partial charge >= 0.3 is 0 Å². The molecule has 28 heavy (non-hydrogen) atoms. The third kappa shape index (κ3) is 6.25. The molecule has 1 aromatic rings. The van der Waals surface area contributed by atoms with Gasteiger partial charge in [0.25, 0.3) is 0 Å². The molecule has 3 N–H and O–H groups in total. The van der Waals surface area contributed by atoms with E-state index in [0.29, 0.717) is 6.61 Å². The smallest absolute Gasteiger partial charge is 0.249 e. The largest absolute Gasteiger partial charge is 0.383 e. The Morgan fingerprint density at radius 1 is 1.21 bits per heavy atom. The monoisotopic (exact) mass is 396 g/mol. The van der Waals surface area contributed by atoms with E-state index in [1.807, 2.05) is 13.8 Å². The predicted molar refractivity (Wildman–Crippen MR) is 101 cm³/mol. The number of ether oxygens (including phenoxy) is 2. The van der Waals surface area contributed by atoms with Crippen LogP contribution in [-0.4, -0.2) is 48.1 Å². The predicted octanol–water partition coefficient (Wildman–Crippen LogP) is 1.49. The summed E-state index contributed by atoms with van der Waals surface area (Å²) in [5.41, 5.74) is 0.224. The molecule has 1 aliphatic heterocycles. The molecule has 0 unspecified atom stereocenters. The molecule has 2 amide bonds. The molecule has 8 heteroatoms. The number of nitrogens with one attached hydrogen (secondary N) is 2. The second-order valence-corrected chi connectivity index (χ2v) is 8.11. The van der Waals surface area contributed by atoms with Crippen LogP contribution in [0.4, 0.5) is 4.39 Å². The summed E-state index contributed by atoms with van der Waals surface area (Å²) in [6, 6.07) is 5.71. The number of benzene rings is 1. The van der Waals surface area contributed by atoms with Gasteiger partial charge in [-0.15, -0.1) is 0 Å². The third-order valence-electron chi connectivity index (χ3n) is 4.54. The fourth-order valence-electron chi connectivity index (χ4n) is 2.79. The van der Waals surface area contributed by atoms with Gasteiger partial charge in [0.1, 0.15) is 18.0 Å². The SMILES string of the molecule is CC1(C)OCC(C)(C)[C@H](C(=O)NCC[C@@H](O)C(=O)NCc2ccc(F)cc2)O1. The number of carbonyl (C=O) groups excluding carboxylic acids is 2. The Labute approximate surface area is 164 Å². The van der Waals surface area contributed by atoms with E-state index in [-0.39, 0.29) is 31.2 Å². The molecule has 1 heterocycles. The van der Waals surface area contributed by atoms with Crippen LogP contribution in [0, 0.1) is 11.2 Å². The van der Waals surface area contributed by atoms with Gasteiger partial charge < -0.3 is 25.2 Å². The highest BCUT2D eigenvalue weighted by Crippen LogP contribution is 2.34. The second kappa shape index (κ2) is 8.98. The van der Waals surface area contributed by atoms with Crippen LogP contribution in [0.3, 0.4) is 0 Å².